The van der Waals surface area contributed by atoms with Gasteiger partial charge in [0.25, 0.3) is 5.91 Å². The fourth-order valence-corrected chi connectivity index (χ4v) is 4.44. The first-order valence-electron chi connectivity index (χ1n) is 8.61. The lowest BCUT2D eigenvalue weighted by Crippen LogP contribution is -2.56. The van der Waals surface area contributed by atoms with Crippen molar-refractivity contribution in [3.63, 3.8) is 0 Å². The fraction of sp³-hybridized carbons (Fsp3) is 0.474. The summed E-state index contributed by atoms with van der Waals surface area (Å²) in [5, 5.41) is 6.03. The van der Waals surface area contributed by atoms with Gasteiger partial charge in [0.15, 0.2) is 0 Å². The molecule has 2 heterocycles. The van der Waals surface area contributed by atoms with Gasteiger partial charge in [-0.3, -0.25) is 9.59 Å². The van der Waals surface area contributed by atoms with Crippen molar-refractivity contribution < 1.29 is 9.59 Å². The Kier molecular flexibility index (Phi) is 3.83. The molecule has 4 rings (SSSR count). The number of likely N-dealkylation sites (tertiary alicyclic amines) is 1. The van der Waals surface area contributed by atoms with Gasteiger partial charge in [-0.05, 0) is 37.3 Å². The number of amides is 2. The van der Waals surface area contributed by atoms with Crippen LogP contribution in [0.1, 0.15) is 35.7 Å². The molecule has 0 spiro atoms. The molecule has 5 heteroatoms. The SMILES string of the molecule is Cc1ccc2c(C(=O)N3CCC3CNC(=O)[C@@H]3C[C@H]3C)csc2c1. The Morgan fingerprint density at radius 3 is 2.83 bits per heavy atom. The summed E-state index contributed by atoms with van der Waals surface area (Å²) in [6.45, 7) is 5.53. The average Bonchev–Trinajstić information content (AvgIpc) is 3.10. The van der Waals surface area contributed by atoms with Gasteiger partial charge >= 0.3 is 0 Å². The molecule has 24 heavy (non-hydrogen) atoms. The van der Waals surface area contributed by atoms with Gasteiger partial charge in [-0.2, -0.15) is 0 Å². The van der Waals surface area contributed by atoms with Crippen LogP contribution in [0.5, 0.6) is 0 Å². The summed E-state index contributed by atoms with van der Waals surface area (Å²) in [6, 6.07) is 6.35. The lowest BCUT2D eigenvalue weighted by molar-refractivity contribution is -0.123. The first-order chi connectivity index (χ1) is 11.5. The smallest absolute Gasteiger partial charge is 0.255 e. The van der Waals surface area contributed by atoms with Crippen molar-refractivity contribution in [2.24, 2.45) is 11.8 Å². The van der Waals surface area contributed by atoms with Gasteiger partial charge in [-0.25, -0.2) is 0 Å². The minimum Gasteiger partial charge on any atom is -0.354 e. The van der Waals surface area contributed by atoms with E-state index in [0.29, 0.717) is 12.5 Å². The Labute approximate surface area is 145 Å². The number of carbonyl (C=O) groups excluding carboxylic acids is 2. The Morgan fingerprint density at radius 1 is 1.38 bits per heavy atom. The van der Waals surface area contributed by atoms with Crippen molar-refractivity contribution in [3.05, 3.63) is 34.7 Å². The molecule has 1 aliphatic carbocycles. The van der Waals surface area contributed by atoms with E-state index < -0.39 is 0 Å². The van der Waals surface area contributed by atoms with Crippen LogP contribution in [0.25, 0.3) is 10.1 Å². The van der Waals surface area contributed by atoms with E-state index in [0.717, 1.165) is 35.0 Å². The second-order valence-electron chi connectivity index (χ2n) is 7.15. The highest BCUT2D eigenvalue weighted by atomic mass is 32.1. The largest absolute Gasteiger partial charge is 0.354 e. The Bertz CT molecular complexity index is 813. The van der Waals surface area contributed by atoms with E-state index in [1.165, 1.54) is 5.56 Å². The molecule has 2 amide bonds. The molecular weight excluding hydrogens is 320 g/mol. The number of hydrogen-bond donors (Lipinski definition) is 1. The minimum absolute atomic E-state index is 0.0930. The number of thiophene rings is 1. The highest BCUT2D eigenvalue weighted by molar-refractivity contribution is 7.17. The van der Waals surface area contributed by atoms with E-state index in [-0.39, 0.29) is 23.8 Å². The summed E-state index contributed by atoms with van der Waals surface area (Å²) in [5.74, 6) is 0.955. The predicted octanol–water partition coefficient (Wildman–Crippen LogP) is 3.20. The van der Waals surface area contributed by atoms with Crippen molar-refractivity contribution in [1.29, 1.82) is 0 Å². The lowest BCUT2D eigenvalue weighted by Gasteiger charge is -2.41. The van der Waals surface area contributed by atoms with Crippen molar-refractivity contribution in [2.75, 3.05) is 13.1 Å². The molecule has 0 bridgehead atoms. The predicted molar refractivity (Wildman–Crippen MR) is 96.3 cm³/mol. The van der Waals surface area contributed by atoms with Crippen molar-refractivity contribution in [2.45, 2.75) is 32.7 Å². The van der Waals surface area contributed by atoms with E-state index in [1.54, 1.807) is 11.3 Å². The number of nitrogens with zero attached hydrogens (tertiary/aromatic N) is 1. The van der Waals surface area contributed by atoms with Crippen molar-refractivity contribution in [1.82, 2.24) is 10.2 Å². The molecule has 1 aliphatic heterocycles. The second-order valence-corrected chi connectivity index (χ2v) is 8.07. The van der Waals surface area contributed by atoms with Crippen LogP contribution in [0.4, 0.5) is 0 Å². The van der Waals surface area contributed by atoms with E-state index >= 15 is 0 Å². The third-order valence-corrected chi connectivity index (χ3v) is 6.27. The van der Waals surface area contributed by atoms with Crippen molar-refractivity contribution >= 4 is 33.2 Å². The molecule has 2 aliphatic rings. The molecule has 2 aromatic rings. The molecule has 4 nitrogen and oxygen atoms in total. The number of benzene rings is 1. The average molecular weight is 342 g/mol. The van der Waals surface area contributed by atoms with Gasteiger partial charge in [0.2, 0.25) is 5.91 Å². The van der Waals surface area contributed by atoms with Gasteiger partial charge in [0.05, 0.1) is 11.6 Å². The van der Waals surface area contributed by atoms with Gasteiger partial charge in [-0.1, -0.05) is 19.1 Å². The highest BCUT2D eigenvalue weighted by Crippen LogP contribution is 2.37. The number of hydrogen-bond acceptors (Lipinski definition) is 3. The molecular formula is C19H22N2O2S. The fourth-order valence-electron chi connectivity index (χ4n) is 3.41. The van der Waals surface area contributed by atoms with Crippen LogP contribution in [0.3, 0.4) is 0 Å². The summed E-state index contributed by atoms with van der Waals surface area (Å²) in [5.41, 5.74) is 2.00. The summed E-state index contributed by atoms with van der Waals surface area (Å²) >= 11 is 1.62. The van der Waals surface area contributed by atoms with Crippen LogP contribution in [-0.4, -0.2) is 35.8 Å². The highest BCUT2D eigenvalue weighted by Gasteiger charge is 2.40. The van der Waals surface area contributed by atoms with Crippen LogP contribution in [0.15, 0.2) is 23.6 Å². The standard InChI is InChI=1S/C19H22N2O2S/c1-11-3-4-14-16(10-24-17(14)7-11)19(23)21-6-5-13(21)9-20-18(22)15-8-12(15)2/h3-4,7,10,12-13,15H,5-6,8-9H2,1-2H3,(H,20,22)/t12-,13?,15-/m1/s1. The molecule has 1 N–H and O–H groups in total. The normalized spacial score (nSPS) is 25.4. The van der Waals surface area contributed by atoms with E-state index in [2.05, 4.69) is 31.3 Å². The van der Waals surface area contributed by atoms with E-state index in [4.69, 9.17) is 0 Å². The molecule has 1 aromatic heterocycles. The molecule has 2 fully saturated rings. The molecule has 1 saturated carbocycles. The molecule has 1 saturated heterocycles. The number of nitrogens with one attached hydrogen (secondary N) is 1. The number of aryl methyl sites for hydroxylation is 1. The first kappa shape index (κ1) is 15.6. The van der Waals surface area contributed by atoms with E-state index in [9.17, 15) is 9.59 Å². The van der Waals surface area contributed by atoms with Crippen LogP contribution >= 0.6 is 11.3 Å². The Morgan fingerprint density at radius 2 is 2.17 bits per heavy atom. The third-order valence-electron chi connectivity index (χ3n) is 5.32. The molecule has 1 unspecified atom stereocenters. The summed E-state index contributed by atoms with van der Waals surface area (Å²) < 4.78 is 1.16. The lowest BCUT2D eigenvalue weighted by atomic mass is 10.0. The van der Waals surface area contributed by atoms with Gasteiger partial charge in [-0.15, -0.1) is 11.3 Å². The third kappa shape index (κ3) is 2.71. The van der Waals surface area contributed by atoms with E-state index in [1.807, 2.05) is 16.3 Å². The zero-order valence-electron chi connectivity index (χ0n) is 14.0. The van der Waals surface area contributed by atoms with Gasteiger partial charge in [0, 0.05) is 34.5 Å². The zero-order valence-corrected chi connectivity index (χ0v) is 14.9. The van der Waals surface area contributed by atoms with Crippen LogP contribution < -0.4 is 5.32 Å². The minimum atomic E-state index is 0.0930. The van der Waals surface area contributed by atoms with Crippen LogP contribution in [0.2, 0.25) is 0 Å². The summed E-state index contributed by atoms with van der Waals surface area (Å²) in [4.78, 5) is 26.7. The molecule has 1 aromatic carbocycles. The quantitative estimate of drug-likeness (QED) is 0.928. The number of carbonyl (C=O) groups is 2. The maximum Gasteiger partial charge on any atom is 0.255 e. The van der Waals surface area contributed by atoms with Gasteiger partial charge < -0.3 is 10.2 Å². The number of rotatable bonds is 4. The molecule has 126 valence electrons. The molecule has 0 radical (unpaired) electrons. The van der Waals surface area contributed by atoms with Gasteiger partial charge in [0.1, 0.15) is 0 Å². The first-order valence-corrected chi connectivity index (χ1v) is 9.49. The Balaban J connectivity index is 1.43. The Hall–Kier alpha value is -1.88. The topological polar surface area (TPSA) is 49.4 Å². The van der Waals surface area contributed by atoms with Crippen LogP contribution in [0, 0.1) is 18.8 Å². The van der Waals surface area contributed by atoms with Crippen LogP contribution in [-0.2, 0) is 4.79 Å². The molecule has 3 atom stereocenters. The monoisotopic (exact) mass is 342 g/mol. The zero-order chi connectivity index (χ0) is 16.8. The number of fused-ring (bicyclic) bond motifs is 1. The maximum atomic E-state index is 12.9. The summed E-state index contributed by atoms with van der Waals surface area (Å²) in [7, 11) is 0. The van der Waals surface area contributed by atoms with Crippen molar-refractivity contribution in [3.8, 4) is 0 Å². The second kappa shape index (κ2) is 5.88. The summed E-state index contributed by atoms with van der Waals surface area (Å²) in [6.07, 6.45) is 1.97. The maximum absolute atomic E-state index is 12.9.